The molecule has 0 aliphatic carbocycles. The average Bonchev–Trinajstić information content (AvgIpc) is 3.62. The van der Waals surface area contributed by atoms with Gasteiger partial charge in [0.15, 0.2) is 0 Å². The molecule has 0 saturated carbocycles. The average molecular weight is 531 g/mol. The van der Waals surface area contributed by atoms with Crippen LogP contribution in [0.2, 0.25) is 0 Å². The molecule has 10 heteroatoms. The van der Waals surface area contributed by atoms with E-state index < -0.39 is 17.7 Å². The van der Waals surface area contributed by atoms with Gasteiger partial charge in [-0.05, 0) is 102 Å². The van der Waals surface area contributed by atoms with Crippen molar-refractivity contribution in [3.05, 3.63) is 59.7 Å². The van der Waals surface area contributed by atoms with Crippen LogP contribution in [0.25, 0.3) is 0 Å². The van der Waals surface area contributed by atoms with Gasteiger partial charge in [-0.1, -0.05) is 0 Å². The van der Waals surface area contributed by atoms with E-state index >= 15 is 0 Å². The van der Waals surface area contributed by atoms with Crippen molar-refractivity contribution in [1.29, 1.82) is 10.5 Å². The van der Waals surface area contributed by atoms with E-state index in [1.165, 1.54) is 4.90 Å². The summed E-state index contributed by atoms with van der Waals surface area (Å²) in [7, 11) is 0. The summed E-state index contributed by atoms with van der Waals surface area (Å²) in [5.41, 5.74) is 1.87. The van der Waals surface area contributed by atoms with E-state index in [-0.39, 0.29) is 17.9 Å². The molecule has 2 fully saturated rings. The zero-order valence-electron chi connectivity index (χ0n) is 22.5. The van der Waals surface area contributed by atoms with Crippen LogP contribution in [-0.4, -0.2) is 53.6 Å². The van der Waals surface area contributed by atoms with E-state index in [1.54, 1.807) is 69.3 Å². The van der Waals surface area contributed by atoms with Crippen LogP contribution in [0.3, 0.4) is 0 Å². The predicted octanol–water partition coefficient (Wildman–Crippen LogP) is 4.15. The number of benzene rings is 2. The number of carbonyl (C=O) groups is 3. The summed E-state index contributed by atoms with van der Waals surface area (Å²) in [6, 6.07) is 16.9. The first-order valence-electron chi connectivity index (χ1n) is 12.9. The number of nitriles is 2. The third-order valence-electron chi connectivity index (χ3n) is 6.12. The topological polar surface area (TPSA) is 147 Å². The summed E-state index contributed by atoms with van der Waals surface area (Å²) in [6.45, 7) is 6.82. The maximum atomic E-state index is 12.4. The second-order valence-corrected chi connectivity index (χ2v) is 10.3. The van der Waals surface area contributed by atoms with Gasteiger partial charge in [0, 0.05) is 17.9 Å². The maximum absolute atomic E-state index is 12.4. The molecule has 2 aliphatic rings. The van der Waals surface area contributed by atoms with Crippen LogP contribution >= 0.6 is 0 Å². The van der Waals surface area contributed by atoms with Gasteiger partial charge >= 0.3 is 6.09 Å². The number of nitrogens with one attached hydrogen (secondary N) is 3. The van der Waals surface area contributed by atoms with Crippen molar-refractivity contribution >= 4 is 29.3 Å². The lowest BCUT2D eigenvalue weighted by Crippen LogP contribution is -2.45. The van der Waals surface area contributed by atoms with Crippen molar-refractivity contribution in [2.24, 2.45) is 0 Å². The summed E-state index contributed by atoms with van der Waals surface area (Å²) in [6.07, 6.45) is 2.86. The summed E-state index contributed by atoms with van der Waals surface area (Å²) in [4.78, 5) is 37.8. The fourth-order valence-corrected chi connectivity index (χ4v) is 4.20. The third kappa shape index (κ3) is 8.84. The molecule has 3 amide bonds. The number of hydrogen-bond donors (Lipinski definition) is 3. The predicted molar refractivity (Wildman–Crippen MR) is 147 cm³/mol. The normalized spacial score (nSPS) is 18.1. The summed E-state index contributed by atoms with van der Waals surface area (Å²) >= 11 is 0. The lowest BCUT2D eigenvalue weighted by atomic mass is 10.2. The van der Waals surface area contributed by atoms with Gasteiger partial charge in [0.2, 0.25) is 11.8 Å². The molecular formula is C29H34N6O4. The van der Waals surface area contributed by atoms with Crippen LogP contribution < -0.4 is 16.0 Å². The molecule has 2 aromatic carbocycles. The molecular weight excluding hydrogens is 496 g/mol. The maximum Gasteiger partial charge on any atom is 0.410 e. The fourth-order valence-electron chi connectivity index (χ4n) is 4.20. The Hall–Kier alpha value is -4.41. The Bertz CT molecular complexity index is 1230. The molecule has 4 rings (SSSR count). The van der Waals surface area contributed by atoms with E-state index in [9.17, 15) is 14.4 Å². The second-order valence-electron chi connectivity index (χ2n) is 10.3. The highest BCUT2D eigenvalue weighted by molar-refractivity contribution is 5.97. The second kappa shape index (κ2) is 13.4. The molecule has 0 radical (unpaired) electrons. The number of likely N-dealkylation sites (tertiary alicyclic amines) is 1. The van der Waals surface area contributed by atoms with Crippen molar-refractivity contribution in [2.75, 3.05) is 23.7 Å². The van der Waals surface area contributed by atoms with Crippen LogP contribution in [0.4, 0.5) is 16.2 Å². The van der Waals surface area contributed by atoms with Gasteiger partial charge < -0.3 is 20.7 Å². The molecule has 10 nitrogen and oxygen atoms in total. The third-order valence-corrected chi connectivity index (χ3v) is 6.12. The van der Waals surface area contributed by atoms with Crippen molar-refractivity contribution in [1.82, 2.24) is 10.2 Å². The molecule has 39 heavy (non-hydrogen) atoms. The van der Waals surface area contributed by atoms with Crippen LogP contribution in [0, 0.1) is 22.7 Å². The highest BCUT2D eigenvalue weighted by Crippen LogP contribution is 2.22. The van der Waals surface area contributed by atoms with E-state index in [4.69, 9.17) is 15.3 Å². The molecule has 2 saturated heterocycles. The monoisotopic (exact) mass is 530 g/mol. The smallest absolute Gasteiger partial charge is 0.410 e. The lowest BCUT2D eigenvalue weighted by molar-refractivity contribution is -0.120. The van der Waals surface area contributed by atoms with Gasteiger partial charge in [-0.15, -0.1) is 0 Å². The number of amides is 3. The molecule has 2 atom stereocenters. The van der Waals surface area contributed by atoms with Gasteiger partial charge in [0.25, 0.3) is 0 Å². The van der Waals surface area contributed by atoms with E-state index in [1.807, 2.05) is 12.1 Å². The molecule has 0 aromatic heterocycles. The van der Waals surface area contributed by atoms with Crippen LogP contribution in [0.1, 0.15) is 57.6 Å². The molecule has 204 valence electrons. The Balaban J connectivity index is 0.000000230. The minimum Gasteiger partial charge on any atom is -0.444 e. The first kappa shape index (κ1) is 29.2. The highest BCUT2D eigenvalue weighted by Gasteiger charge is 2.36. The van der Waals surface area contributed by atoms with Gasteiger partial charge in [-0.3, -0.25) is 14.5 Å². The van der Waals surface area contributed by atoms with E-state index in [0.29, 0.717) is 29.8 Å². The van der Waals surface area contributed by atoms with Crippen LogP contribution in [0.15, 0.2) is 48.5 Å². The first-order valence-corrected chi connectivity index (χ1v) is 12.9. The molecule has 0 spiro atoms. The van der Waals surface area contributed by atoms with Gasteiger partial charge in [0.1, 0.15) is 11.6 Å². The van der Waals surface area contributed by atoms with E-state index in [2.05, 4.69) is 16.0 Å². The highest BCUT2D eigenvalue weighted by atomic mass is 16.6. The van der Waals surface area contributed by atoms with Crippen molar-refractivity contribution in [2.45, 2.75) is 64.1 Å². The van der Waals surface area contributed by atoms with Gasteiger partial charge in [0.05, 0.1) is 29.3 Å². The summed E-state index contributed by atoms with van der Waals surface area (Å²) < 4.78 is 5.35. The van der Waals surface area contributed by atoms with Gasteiger partial charge in [-0.2, -0.15) is 10.5 Å². The standard InChI is InChI=1S/C17H21N3O3.C12H13N3O/c1-17(2,3)23-16(22)20-10-4-5-14(20)15(21)19-13-8-6-12(11-18)7-9-13;13-8-9-3-5-10(6-4-9)15-12(16)11-2-1-7-14-11/h6-9,14H,4-5,10H2,1-3H3,(H,19,21);3-6,11,14H,1-2,7H2,(H,15,16). The number of rotatable bonds is 4. The Labute approximate surface area is 228 Å². The molecule has 3 N–H and O–H groups in total. The molecule has 2 heterocycles. The zero-order chi connectivity index (χ0) is 28.4. The number of hydrogen-bond acceptors (Lipinski definition) is 7. The lowest BCUT2D eigenvalue weighted by Gasteiger charge is -2.28. The molecule has 2 aliphatic heterocycles. The van der Waals surface area contributed by atoms with Gasteiger partial charge in [-0.25, -0.2) is 4.79 Å². The molecule has 2 unspecified atom stereocenters. The van der Waals surface area contributed by atoms with Crippen molar-refractivity contribution < 1.29 is 19.1 Å². The summed E-state index contributed by atoms with van der Waals surface area (Å²) in [5, 5.41) is 26.2. The Morgan fingerprint density at radius 2 is 1.41 bits per heavy atom. The quantitative estimate of drug-likeness (QED) is 0.538. The zero-order valence-corrected chi connectivity index (χ0v) is 22.5. The number of anilines is 2. The molecule has 0 bridgehead atoms. The number of ether oxygens (including phenoxy) is 1. The van der Waals surface area contributed by atoms with Crippen LogP contribution in [-0.2, 0) is 14.3 Å². The largest absolute Gasteiger partial charge is 0.444 e. The number of carbonyl (C=O) groups excluding carboxylic acids is 3. The minimum atomic E-state index is -0.589. The van der Waals surface area contributed by atoms with Crippen molar-refractivity contribution in [3.8, 4) is 12.1 Å². The Morgan fingerprint density at radius 3 is 1.87 bits per heavy atom. The Morgan fingerprint density at radius 1 is 0.872 bits per heavy atom. The van der Waals surface area contributed by atoms with Crippen LogP contribution in [0.5, 0.6) is 0 Å². The van der Waals surface area contributed by atoms with Crippen molar-refractivity contribution in [3.63, 3.8) is 0 Å². The fraction of sp³-hybridized carbons (Fsp3) is 0.414. The number of nitrogens with zero attached hydrogens (tertiary/aromatic N) is 3. The van der Waals surface area contributed by atoms with E-state index in [0.717, 1.165) is 31.5 Å². The molecule has 2 aromatic rings. The SMILES string of the molecule is CC(C)(C)OC(=O)N1CCCC1C(=O)Nc1ccc(C#N)cc1.N#Cc1ccc(NC(=O)C2CCCN2)cc1. The summed E-state index contributed by atoms with van der Waals surface area (Å²) in [5.74, 6) is -0.236. The Kier molecular flexibility index (Phi) is 10.0. The minimum absolute atomic E-state index is 0.00204. The first-order chi connectivity index (χ1) is 18.6.